The Morgan fingerprint density at radius 1 is 1.37 bits per heavy atom. The molecule has 0 saturated heterocycles. The van der Waals surface area contributed by atoms with Gasteiger partial charge in [0.2, 0.25) is 0 Å². The van der Waals surface area contributed by atoms with E-state index in [9.17, 15) is 9.50 Å². The number of hydrogen-bond acceptors (Lipinski definition) is 1. The van der Waals surface area contributed by atoms with Crippen LogP contribution in [0.3, 0.4) is 0 Å². The van der Waals surface area contributed by atoms with E-state index in [1.54, 1.807) is 0 Å². The van der Waals surface area contributed by atoms with Crippen molar-refractivity contribution in [3.8, 4) is 11.8 Å². The fourth-order valence-electron chi connectivity index (χ4n) is 1.53. The van der Waals surface area contributed by atoms with Gasteiger partial charge in [0.25, 0.3) is 0 Å². The van der Waals surface area contributed by atoms with Gasteiger partial charge < -0.3 is 5.11 Å². The van der Waals surface area contributed by atoms with Crippen LogP contribution < -0.4 is 0 Å². The molecule has 0 heterocycles. The molecule has 1 N–H and O–H groups in total. The average Bonchev–Trinajstić information content (AvgIpc) is 2.31. The molecule has 108 valence electrons. The fraction of sp³-hybridized carbons (Fsp3) is 0.647. The molecule has 0 saturated carbocycles. The summed E-state index contributed by atoms with van der Waals surface area (Å²) in [5.74, 6) is 5.35. The predicted molar refractivity (Wildman–Crippen MR) is 80.3 cm³/mol. The number of hydrogen-bond donors (Lipinski definition) is 1. The maximum Gasteiger partial charge on any atom is 0.124 e. The zero-order valence-electron chi connectivity index (χ0n) is 12.9. The zero-order valence-corrected chi connectivity index (χ0v) is 12.9. The Bertz CT molecular complexity index is 391. The third kappa shape index (κ3) is 7.85. The minimum absolute atomic E-state index is 0.149. The summed E-state index contributed by atoms with van der Waals surface area (Å²) in [6.07, 6.45) is 5.00. The van der Waals surface area contributed by atoms with Crippen molar-refractivity contribution in [2.45, 2.75) is 65.9 Å². The SMILES string of the molecule is C=C(F)C(C)(O)CC/C(C)=C/CC(C)(C)CC#CC. The van der Waals surface area contributed by atoms with Crippen molar-refractivity contribution in [1.29, 1.82) is 0 Å². The first-order valence-corrected chi connectivity index (χ1v) is 6.73. The smallest absolute Gasteiger partial charge is 0.124 e. The summed E-state index contributed by atoms with van der Waals surface area (Å²) >= 11 is 0. The highest BCUT2D eigenvalue weighted by molar-refractivity contribution is 5.07. The van der Waals surface area contributed by atoms with Gasteiger partial charge in [-0.3, -0.25) is 0 Å². The third-order valence-electron chi connectivity index (χ3n) is 3.34. The standard InChI is InChI=1S/C17H27FO/c1-7-8-11-16(4,5)12-9-14(2)10-13-17(6,19)15(3)18/h9,19H,3,10-13H2,1-2,4-6H3/b14-9+. The highest BCUT2D eigenvalue weighted by atomic mass is 19.1. The summed E-state index contributed by atoms with van der Waals surface area (Å²) in [6, 6.07) is 0. The molecular formula is C17H27FO. The van der Waals surface area contributed by atoms with E-state index in [2.05, 4.69) is 38.3 Å². The van der Waals surface area contributed by atoms with E-state index in [1.165, 1.54) is 12.5 Å². The van der Waals surface area contributed by atoms with Crippen molar-refractivity contribution in [1.82, 2.24) is 0 Å². The number of rotatable bonds is 7. The molecule has 1 nitrogen and oxygen atoms in total. The second kappa shape index (κ2) is 7.50. The van der Waals surface area contributed by atoms with E-state index in [0.29, 0.717) is 12.8 Å². The largest absolute Gasteiger partial charge is 0.383 e. The molecule has 0 bridgehead atoms. The lowest BCUT2D eigenvalue weighted by molar-refractivity contribution is 0.0662. The van der Waals surface area contributed by atoms with Crippen LogP contribution in [0.5, 0.6) is 0 Å². The molecule has 0 spiro atoms. The summed E-state index contributed by atoms with van der Waals surface area (Å²) in [5.41, 5.74) is -0.103. The van der Waals surface area contributed by atoms with Crippen LogP contribution in [0.15, 0.2) is 24.1 Å². The molecule has 1 unspecified atom stereocenters. The van der Waals surface area contributed by atoms with E-state index in [1.807, 2.05) is 13.8 Å². The lowest BCUT2D eigenvalue weighted by Gasteiger charge is -2.22. The second-order valence-electron chi connectivity index (χ2n) is 6.20. The monoisotopic (exact) mass is 266 g/mol. The van der Waals surface area contributed by atoms with E-state index in [-0.39, 0.29) is 5.41 Å². The van der Waals surface area contributed by atoms with E-state index in [4.69, 9.17) is 0 Å². The Balaban J connectivity index is 4.35. The van der Waals surface area contributed by atoms with Crippen LogP contribution in [0, 0.1) is 17.3 Å². The second-order valence-corrected chi connectivity index (χ2v) is 6.20. The quantitative estimate of drug-likeness (QED) is 0.519. The zero-order chi connectivity index (χ0) is 15.1. The molecule has 0 aromatic heterocycles. The summed E-state index contributed by atoms with van der Waals surface area (Å²) in [7, 11) is 0. The van der Waals surface area contributed by atoms with Crippen LogP contribution in [0.2, 0.25) is 0 Å². The molecule has 0 rings (SSSR count). The molecular weight excluding hydrogens is 239 g/mol. The first-order chi connectivity index (χ1) is 8.60. The van der Waals surface area contributed by atoms with Gasteiger partial charge >= 0.3 is 0 Å². The lowest BCUT2D eigenvalue weighted by atomic mass is 9.84. The summed E-state index contributed by atoms with van der Waals surface area (Å²) in [4.78, 5) is 0. The highest BCUT2D eigenvalue weighted by Crippen LogP contribution is 2.28. The molecule has 0 aliphatic rings. The van der Waals surface area contributed by atoms with Crippen LogP contribution in [0.25, 0.3) is 0 Å². The first-order valence-electron chi connectivity index (χ1n) is 6.73. The Hall–Kier alpha value is -1.07. The molecule has 19 heavy (non-hydrogen) atoms. The van der Waals surface area contributed by atoms with Crippen molar-refractivity contribution >= 4 is 0 Å². The van der Waals surface area contributed by atoms with Crippen molar-refractivity contribution in [2.75, 3.05) is 0 Å². The van der Waals surface area contributed by atoms with Crippen molar-refractivity contribution in [3.63, 3.8) is 0 Å². The summed E-state index contributed by atoms with van der Waals surface area (Å²) < 4.78 is 13.0. The highest BCUT2D eigenvalue weighted by Gasteiger charge is 2.24. The Morgan fingerprint density at radius 2 is 1.95 bits per heavy atom. The van der Waals surface area contributed by atoms with Gasteiger partial charge in [-0.2, -0.15) is 0 Å². The topological polar surface area (TPSA) is 20.2 Å². The molecule has 0 amide bonds. The number of halogens is 1. The molecule has 0 aliphatic carbocycles. The van der Waals surface area contributed by atoms with E-state index < -0.39 is 11.4 Å². The average molecular weight is 266 g/mol. The summed E-state index contributed by atoms with van der Waals surface area (Å²) in [6.45, 7) is 12.9. The third-order valence-corrected chi connectivity index (χ3v) is 3.34. The van der Waals surface area contributed by atoms with Gasteiger partial charge in [0, 0.05) is 6.42 Å². The van der Waals surface area contributed by atoms with Crippen LogP contribution in [0.1, 0.15) is 60.3 Å². The first kappa shape index (κ1) is 17.9. The van der Waals surface area contributed by atoms with Crippen LogP contribution in [-0.4, -0.2) is 10.7 Å². The predicted octanol–water partition coefficient (Wildman–Crippen LogP) is 4.78. The molecule has 0 fully saturated rings. The van der Waals surface area contributed by atoms with Crippen LogP contribution in [0.4, 0.5) is 4.39 Å². The number of allylic oxidation sites excluding steroid dienone is 2. The number of aliphatic hydroxyl groups is 1. The van der Waals surface area contributed by atoms with Gasteiger partial charge in [-0.15, -0.1) is 11.8 Å². The Labute approximate surface area is 117 Å². The van der Waals surface area contributed by atoms with Gasteiger partial charge in [-0.25, -0.2) is 4.39 Å². The lowest BCUT2D eigenvalue weighted by Crippen LogP contribution is -2.24. The molecule has 2 heteroatoms. The molecule has 0 aromatic rings. The molecule has 0 aliphatic heterocycles. The Kier molecular flexibility index (Phi) is 7.08. The van der Waals surface area contributed by atoms with Gasteiger partial charge in [0.15, 0.2) is 0 Å². The van der Waals surface area contributed by atoms with E-state index in [0.717, 1.165) is 12.8 Å². The molecule has 0 aromatic carbocycles. The fourth-order valence-corrected chi connectivity index (χ4v) is 1.53. The minimum atomic E-state index is -1.42. The minimum Gasteiger partial charge on any atom is -0.383 e. The van der Waals surface area contributed by atoms with Gasteiger partial charge in [-0.1, -0.05) is 32.1 Å². The maximum absolute atomic E-state index is 13.0. The maximum atomic E-state index is 13.0. The van der Waals surface area contributed by atoms with Crippen molar-refractivity contribution in [2.24, 2.45) is 5.41 Å². The van der Waals surface area contributed by atoms with Crippen molar-refractivity contribution < 1.29 is 9.50 Å². The van der Waals surface area contributed by atoms with Gasteiger partial charge in [-0.05, 0) is 45.4 Å². The van der Waals surface area contributed by atoms with Gasteiger partial charge in [0.1, 0.15) is 11.4 Å². The van der Waals surface area contributed by atoms with E-state index >= 15 is 0 Å². The van der Waals surface area contributed by atoms with Crippen LogP contribution in [-0.2, 0) is 0 Å². The Morgan fingerprint density at radius 3 is 2.42 bits per heavy atom. The van der Waals surface area contributed by atoms with Gasteiger partial charge in [0.05, 0.1) is 0 Å². The molecule has 0 radical (unpaired) electrons. The van der Waals surface area contributed by atoms with Crippen molar-refractivity contribution in [3.05, 3.63) is 24.1 Å². The summed E-state index contributed by atoms with van der Waals surface area (Å²) in [5, 5.41) is 9.76. The van der Waals surface area contributed by atoms with Crippen LogP contribution >= 0.6 is 0 Å². The molecule has 1 atom stereocenters. The normalized spacial score (nSPS) is 15.4.